The van der Waals surface area contributed by atoms with Crippen molar-refractivity contribution in [2.24, 2.45) is 11.8 Å². The topological polar surface area (TPSA) is 32.3 Å². The zero-order chi connectivity index (χ0) is 13.8. The van der Waals surface area contributed by atoms with Crippen LogP contribution in [0.5, 0.6) is 0 Å². The lowest BCUT2D eigenvalue weighted by molar-refractivity contribution is -0.130. The molecule has 0 bridgehead atoms. The van der Waals surface area contributed by atoms with Gasteiger partial charge in [0.25, 0.3) is 0 Å². The zero-order valence-electron chi connectivity index (χ0n) is 12.5. The monoisotopic (exact) mass is 284 g/mol. The molecule has 2 aliphatic rings. The number of nitrogens with one attached hydrogen (secondary N) is 1. The molecule has 3 nitrogen and oxygen atoms in total. The predicted molar refractivity (Wildman–Crippen MR) is 82.2 cm³/mol. The summed E-state index contributed by atoms with van der Waals surface area (Å²) >= 11 is 2.03. The van der Waals surface area contributed by atoms with Crippen molar-refractivity contribution in [3.8, 4) is 0 Å². The van der Waals surface area contributed by atoms with Crippen LogP contribution in [0.3, 0.4) is 0 Å². The number of hydrogen-bond acceptors (Lipinski definition) is 3. The smallest absolute Gasteiger partial charge is 0.241 e. The second kappa shape index (κ2) is 6.98. The zero-order valence-corrected chi connectivity index (χ0v) is 13.3. The molecule has 0 radical (unpaired) electrons. The van der Waals surface area contributed by atoms with Crippen molar-refractivity contribution < 1.29 is 4.79 Å². The standard InChI is InChI=1S/C15H28N2OS/c1-4-5-13-15(18)17(9-12-6-7-19-10-12)14(16-13)8-11(2)3/h11-14,16H,4-10H2,1-3H3. The van der Waals surface area contributed by atoms with Crippen molar-refractivity contribution >= 4 is 17.7 Å². The van der Waals surface area contributed by atoms with E-state index in [1.54, 1.807) is 0 Å². The molecule has 2 rings (SSSR count). The third-order valence-electron chi connectivity index (χ3n) is 4.10. The van der Waals surface area contributed by atoms with Crippen LogP contribution in [-0.2, 0) is 4.79 Å². The van der Waals surface area contributed by atoms with Gasteiger partial charge in [-0.15, -0.1) is 0 Å². The summed E-state index contributed by atoms with van der Waals surface area (Å²) in [6, 6.07) is 0.0720. The van der Waals surface area contributed by atoms with Crippen molar-refractivity contribution in [1.29, 1.82) is 0 Å². The molecule has 2 aliphatic heterocycles. The van der Waals surface area contributed by atoms with Gasteiger partial charge in [0, 0.05) is 6.54 Å². The van der Waals surface area contributed by atoms with Gasteiger partial charge in [0.05, 0.1) is 12.2 Å². The van der Waals surface area contributed by atoms with Gasteiger partial charge < -0.3 is 4.90 Å². The molecule has 0 aromatic rings. The number of rotatable bonds is 6. The van der Waals surface area contributed by atoms with E-state index in [9.17, 15) is 4.79 Å². The van der Waals surface area contributed by atoms with Crippen molar-refractivity contribution in [3.05, 3.63) is 0 Å². The van der Waals surface area contributed by atoms with Gasteiger partial charge in [-0.3, -0.25) is 10.1 Å². The van der Waals surface area contributed by atoms with Crippen LogP contribution >= 0.6 is 11.8 Å². The van der Waals surface area contributed by atoms with Crippen LogP contribution in [0.2, 0.25) is 0 Å². The fourth-order valence-electron chi connectivity index (χ4n) is 3.11. The lowest BCUT2D eigenvalue weighted by Crippen LogP contribution is -2.41. The SMILES string of the molecule is CCCC1NC(CC(C)C)N(CC2CCSC2)C1=O. The van der Waals surface area contributed by atoms with Crippen LogP contribution in [0, 0.1) is 11.8 Å². The number of carbonyl (C=O) groups excluding carboxylic acids is 1. The van der Waals surface area contributed by atoms with Gasteiger partial charge in [-0.2, -0.15) is 11.8 Å². The van der Waals surface area contributed by atoms with Gasteiger partial charge >= 0.3 is 0 Å². The normalized spacial score (nSPS) is 31.7. The summed E-state index contributed by atoms with van der Waals surface area (Å²) in [5, 5.41) is 3.57. The van der Waals surface area contributed by atoms with Gasteiger partial charge in [0.1, 0.15) is 0 Å². The van der Waals surface area contributed by atoms with Gasteiger partial charge in [-0.25, -0.2) is 0 Å². The van der Waals surface area contributed by atoms with Crippen LogP contribution in [0.15, 0.2) is 0 Å². The summed E-state index contributed by atoms with van der Waals surface area (Å²) < 4.78 is 0. The highest BCUT2D eigenvalue weighted by molar-refractivity contribution is 7.99. The molecule has 0 aromatic carbocycles. The van der Waals surface area contributed by atoms with E-state index < -0.39 is 0 Å². The van der Waals surface area contributed by atoms with E-state index in [2.05, 4.69) is 31.0 Å². The molecule has 0 aromatic heterocycles. The molecule has 110 valence electrons. The van der Waals surface area contributed by atoms with Crippen molar-refractivity contribution in [2.45, 2.75) is 58.7 Å². The van der Waals surface area contributed by atoms with E-state index in [4.69, 9.17) is 0 Å². The van der Waals surface area contributed by atoms with Gasteiger partial charge in [0.15, 0.2) is 0 Å². The Bertz CT molecular complexity index is 303. The Morgan fingerprint density at radius 1 is 1.47 bits per heavy atom. The number of nitrogens with zero attached hydrogens (tertiary/aromatic N) is 1. The summed E-state index contributed by atoms with van der Waals surface area (Å²) in [4.78, 5) is 14.7. The molecular formula is C15H28N2OS. The fourth-order valence-corrected chi connectivity index (χ4v) is 4.38. The lowest BCUT2D eigenvalue weighted by atomic mass is 10.1. The molecule has 1 amide bonds. The Morgan fingerprint density at radius 3 is 2.84 bits per heavy atom. The molecule has 0 spiro atoms. The van der Waals surface area contributed by atoms with E-state index in [-0.39, 0.29) is 12.2 Å². The maximum Gasteiger partial charge on any atom is 0.241 e. The molecule has 4 heteroatoms. The Morgan fingerprint density at radius 2 is 2.26 bits per heavy atom. The highest BCUT2D eigenvalue weighted by Crippen LogP contribution is 2.28. The second-order valence-electron chi connectivity index (χ2n) is 6.37. The summed E-state index contributed by atoms with van der Waals surface area (Å²) in [5.41, 5.74) is 0. The minimum absolute atomic E-state index is 0.0720. The average molecular weight is 284 g/mol. The van der Waals surface area contributed by atoms with E-state index >= 15 is 0 Å². The highest BCUT2D eigenvalue weighted by atomic mass is 32.2. The Kier molecular flexibility index (Phi) is 5.58. The predicted octanol–water partition coefficient (Wildman–Crippen LogP) is 2.71. The van der Waals surface area contributed by atoms with Crippen LogP contribution < -0.4 is 5.32 Å². The maximum absolute atomic E-state index is 12.5. The van der Waals surface area contributed by atoms with Crippen molar-refractivity contribution in [2.75, 3.05) is 18.1 Å². The molecule has 19 heavy (non-hydrogen) atoms. The maximum atomic E-state index is 12.5. The first kappa shape index (κ1) is 15.2. The summed E-state index contributed by atoms with van der Waals surface area (Å²) in [5.74, 6) is 4.20. The molecule has 0 saturated carbocycles. The van der Waals surface area contributed by atoms with Crippen molar-refractivity contribution in [3.63, 3.8) is 0 Å². The van der Waals surface area contributed by atoms with Crippen molar-refractivity contribution in [1.82, 2.24) is 10.2 Å². The van der Waals surface area contributed by atoms with E-state index in [0.29, 0.717) is 17.7 Å². The van der Waals surface area contributed by atoms with Crippen LogP contribution in [0.25, 0.3) is 0 Å². The molecule has 3 unspecified atom stereocenters. The molecule has 2 heterocycles. The van der Waals surface area contributed by atoms with Gasteiger partial charge in [-0.1, -0.05) is 27.2 Å². The third-order valence-corrected chi connectivity index (χ3v) is 5.33. The van der Waals surface area contributed by atoms with Gasteiger partial charge in [0.2, 0.25) is 5.91 Å². The number of carbonyl (C=O) groups is 1. The number of hydrogen-bond donors (Lipinski definition) is 1. The largest absolute Gasteiger partial charge is 0.325 e. The second-order valence-corrected chi connectivity index (χ2v) is 7.52. The average Bonchev–Trinajstić information content (AvgIpc) is 2.94. The molecule has 3 atom stereocenters. The number of amides is 1. The van der Waals surface area contributed by atoms with E-state index in [1.165, 1.54) is 17.9 Å². The first-order valence-corrected chi connectivity index (χ1v) is 8.91. The Balaban J connectivity index is 1.99. The van der Waals surface area contributed by atoms with E-state index in [0.717, 1.165) is 25.8 Å². The fraction of sp³-hybridized carbons (Fsp3) is 0.933. The Labute approximate surface area is 121 Å². The lowest BCUT2D eigenvalue weighted by Gasteiger charge is -2.27. The summed E-state index contributed by atoms with van der Waals surface area (Å²) in [6.45, 7) is 7.60. The minimum Gasteiger partial charge on any atom is -0.325 e. The minimum atomic E-state index is 0.0720. The van der Waals surface area contributed by atoms with Crippen LogP contribution in [-0.4, -0.2) is 41.1 Å². The highest BCUT2D eigenvalue weighted by Gasteiger charge is 2.39. The molecule has 2 saturated heterocycles. The molecule has 2 fully saturated rings. The molecular weight excluding hydrogens is 256 g/mol. The van der Waals surface area contributed by atoms with Crippen LogP contribution in [0.4, 0.5) is 0 Å². The molecule has 0 aliphatic carbocycles. The number of thioether (sulfide) groups is 1. The quantitative estimate of drug-likeness (QED) is 0.814. The molecule has 1 N–H and O–H groups in total. The summed E-state index contributed by atoms with van der Waals surface area (Å²) in [7, 11) is 0. The first-order valence-electron chi connectivity index (χ1n) is 7.76. The van der Waals surface area contributed by atoms with E-state index in [1.807, 2.05) is 11.8 Å². The third kappa shape index (κ3) is 3.88. The summed E-state index contributed by atoms with van der Waals surface area (Å²) in [6.07, 6.45) is 4.68. The van der Waals surface area contributed by atoms with Gasteiger partial charge in [-0.05, 0) is 42.6 Å². The Hall–Kier alpha value is -0.220. The first-order chi connectivity index (χ1) is 9.11. The van der Waals surface area contributed by atoms with Crippen LogP contribution in [0.1, 0.15) is 46.5 Å².